The third kappa shape index (κ3) is 4.95. The number of hydrogen-bond donors (Lipinski definition) is 0. The van der Waals surface area contributed by atoms with Crippen LogP contribution in [-0.2, 0) is 6.54 Å². The quantitative estimate of drug-likeness (QED) is 0.751. The molecule has 2 aromatic rings. The highest BCUT2D eigenvalue weighted by atomic mass is 32.1. The van der Waals surface area contributed by atoms with Gasteiger partial charge in [0.05, 0.1) is 18.4 Å². The van der Waals surface area contributed by atoms with Gasteiger partial charge < -0.3 is 9.80 Å². The fraction of sp³-hybridized carbons (Fsp3) is 0.591. The number of carbonyl (C=O) groups is 1. The Balaban J connectivity index is 1.31. The van der Waals surface area contributed by atoms with E-state index in [1.54, 1.807) is 12.4 Å². The molecule has 6 nitrogen and oxygen atoms in total. The van der Waals surface area contributed by atoms with Crippen LogP contribution in [0.1, 0.15) is 48.0 Å². The number of pyridine rings is 1. The number of thiazole rings is 1. The van der Waals surface area contributed by atoms with Gasteiger partial charge in [0, 0.05) is 38.9 Å². The summed E-state index contributed by atoms with van der Waals surface area (Å²) in [5.74, 6) is 0.938. The molecule has 0 bridgehead atoms. The number of likely N-dealkylation sites (tertiary alicyclic amines) is 2. The maximum absolute atomic E-state index is 13.0. The lowest BCUT2D eigenvalue weighted by molar-refractivity contribution is 0.0545. The Bertz CT molecular complexity index is 803. The standard InChI is InChI=1S/C22H31N5OS/c1-17-6-5-11-27(15-17)19-8-12-26(13-9-19)21(28)20-14-24-22(29-20)25(2)16-18-7-3-4-10-23-18/h3-4,7,10,14,17,19H,5-6,8-9,11-13,15-16H2,1-2H3/t17-/m1/s1. The minimum absolute atomic E-state index is 0.130. The highest BCUT2D eigenvalue weighted by Crippen LogP contribution is 2.27. The maximum atomic E-state index is 13.0. The van der Waals surface area contributed by atoms with E-state index in [0.29, 0.717) is 12.6 Å². The van der Waals surface area contributed by atoms with Crippen molar-refractivity contribution in [1.82, 2.24) is 19.8 Å². The highest BCUT2D eigenvalue weighted by Gasteiger charge is 2.30. The van der Waals surface area contributed by atoms with Crippen LogP contribution in [0.5, 0.6) is 0 Å². The largest absolute Gasteiger partial charge is 0.345 e. The van der Waals surface area contributed by atoms with Gasteiger partial charge in [0.2, 0.25) is 0 Å². The minimum atomic E-state index is 0.130. The van der Waals surface area contributed by atoms with Crippen molar-refractivity contribution in [3.63, 3.8) is 0 Å². The number of hydrogen-bond acceptors (Lipinski definition) is 6. The SMILES string of the molecule is C[C@@H]1CCCN(C2CCN(C(=O)c3cnc(N(C)Cc4ccccn4)s3)CC2)C1. The van der Waals surface area contributed by atoms with E-state index < -0.39 is 0 Å². The van der Waals surface area contributed by atoms with Crippen molar-refractivity contribution in [2.24, 2.45) is 5.92 Å². The van der Waals surface area contributed by atoms with Crippen LogP contribution < -0.4 is 4.90 Å². The number of aromatic nitrogens is 2. The zero-order chi connectivity index (χ0) is 20.2. The Morgan fingerprint density at radius 1 is 1.21 bits per heavy atom. The summed E-state index contributed by atoms with van der Waals surface area (Å²) in [6, 6.07) is 6.55. The fourth-order valence-electron chi connectivity index (χ4n) is 4.49. The second-order valence-corrected chi connectivity index (χ2v) is 9.46. The molecule has 1 atom stereocenters. The Morgan fingerprint density at radius 3 is 2.76 bits per heavy atom. The molecule has 2 aromatic heterocycles. The Hall–Kier alpha value is -1.99. The van der Waals surface area contributed by atoms with Crippen molar-refractivity contribution >= 4 is 22.4 Å². The molecule has 0 radical (unpaired) electrons. The van der Waals surface area contributed by atoms with Crippen molar-refractivity contribution in [2.75, 3.05) is 38.1 Å². The van der Waals surface area contributed by atoms with E-state index in [1.807, 2.05) is 35.0 Å². The molecule has 2 fully saturated rings. The maximum Gasteiger partial charge on any atom is 0.265 e. The first-order valence-electron chi connectivity index (χ1n) is 10.7. The van der Waals surface area contributed by atoms with Crippen molar-refractivity contribution in [3.8, 4) is 0 Å². The van der Waals surface area contributed by atoms with E-state index in [0.717, 1.165) is 47.6 Å². The molecule has 29 heavy (non-hydrogen) atoms. The molecule has 4 heterocycles. The molecular formula is C22H31N5OS. The molecule has 0 unspecified atom stereocenters. The number of rotatable bonds is 5. The summed E-state index contributed by atoms with van der Waals surface area (Å²) in [7, 11) is 1.99. The van der Waals surface area contributed by atoms with E-state index in [9.17, 15) is 4.79 Å². The second-order valence-electron chi connectivity index (χ2n) is 8.45. The van der Waals surface area contributed by atoms with Crippen LogP contribution in [0.4, 0.5) is 5.13 Å². The van der Waals surface area contributed by atoms with E-state index in [4.69, 9.17) is 0 Å². The van der Waals surface area contributed by atoms with Crippen molar-refractivity contribution in [3.05, 3.63) is 41.2 Å². The van der Waals surface area contributed by atoms with Gasteiger partial charge in [-0.05, 0) is 50.3 Å². The molecule has 1 amide bonds. The monoisotopic (exact) mass is 413 g/mol. The van der Waals surface area contributed by atoms with Gasteiger partial charge in [-0.2, -0.15) is 0 Å². The van der Waals surface area contributed by atoms with Crippen LogP contribution >= 0.6 is 11.3 Å². The van der Waals surface area contributed by atoms with Crippen molar-refractivity contribution in [2.45, 2.75) is 45.2 Å². The van der Waals surface area contributed by atoms with Gasteiger partial charge >= 0.3 is 0 Å². The highest BCUT2D eigenvalue weighted by molar-refractivity contribution is 7.17. The number of anilines is 1. The Kier molecular flexibility index (Phi) is 6.45. The first kappa shape index (κ1) is 20.3. The van der Waals surface area contributed by atoms with Crippen LogP contribution in [0.2, 0.25) is 0 Å². The minimum Gasteiger partial charge on any atom is -0.345 e. The summed E-state index contributed by atoms with van der Waals surface area (Å²) in [4.78, 5) is 29.3. The van der Waals surface area contributed by atoms with Crippen LogP contribution in [0, 0.1) is 5.92 Å². The van der Waals surface area contributed by atoms with Gasteiger partial charge in [0.15, 0.2) is 5.13 Å². The summed E-state index contributed by atoms with van der Waals surface area (Å²) < 4.78 is 0. The smallest absolute Gasteiger partial charge is 0.265 e. The lowest BCUT2D eigenvalue weighted by Gasteiger charge is -2.41. The molecule has 0 saturated carbocycles. The zero-order valence-electron chi connectivity index (χ0n) is 17.5. The predicted octanol–water partition coefficient (Wildman–Crippen LogP) is 3.51. The van der Waals surface area contributed by atoms with Gasteiger partial charge in [-0.15, -0.1) is 0 Å². The molecule has 2 saturated heterocycles. The summed E-state index contributed by atoms with van der Waals surface area (Å²) in [6.07, 6.45) is 8.38. The molecule has 2 aliphatic heterocycles. The fourth-order valence-corrected chi connectivity index (χ4v) is 5.33. The molecule has 0 N–H and O–H groups in total. The molecule has 7 heteroatoms. The number of carbonyl (C=O) groups excluding carboxylic acids is 1. The molecule has 0 aliphatic carbocycles. The first-order chi connectivity index (χ1) is 14.1. The third-order valence-electron chi connectivity index (χ3n) is 6.11. The van der Waals surface area contributed by atoms with E-state index in [-0.39, 0.29) is 5.91 Å². The lowest BCUT2D eigenvalue weighted by Crippen LogP contribution is -2.49. The number of amides is 1. The average Bonchev–Trinajstić information content (AvgIpc) is 3.25. The van der Waals surface area contributed by atoms with Gasteiger partial charge in [-0.25, -0.2) is 4.98 Å². The number of nitrogens with zero attached hydrogens (tertiary/aromatic N) is 5. The van der Waals surface area contributed by atoms with E-state index >= 15 is 0 Å². The Morgan fingerprint density at radius 2 is 2.03 bits per heavy atom. The van der Waals surface area contributed by atoms with Crippen LogP contribution in [0.25, 0.3) is 0 Å². The number of piperidine rings is 2. The summed E-state index contributed by atoms with van der Waals surface area (Å²) in [5.41, 5.74) is 0.993. The van der Waals surface area contributed by atoms with E-state index in [2.05, 4.69) is 21.8 Å². The van der Waals surface area contributed by atoms with Gasteiger partial charge in [-0.3, -0.25) is 14.7 Å². The summed E-state index contributed by atoms with van der Waals surface area (Å²) >= 11 is 1.48. The molecule has 2 aliphatic rings. The van der Waals surface area contributed by atoms with Gasteiger partial charge in [-0.1, -0.05) is 24.3 Å². The van der Waals surface area contributed by atoms with Crippen LogP contribution in [0.15, 0.2) is 30.6 Å². The molecule has 4 rings (SSSR count). The van der Waals surface area contributed by atoms with Gasteiger partial charge in [0.1, 0.15) is 4.88 Å². The van der Waals surface area contributed by atoms with Crippen LogP contribution in [-0.4, -0.2) is 64.9 Å². The lowest BCUT2D eigenvalue weighted by atomic mass is 9.95. The molecule has 0 spiro atoms. The van der Waals surface area contributed by atoms with Crippen molar-refractivity contribution in [1.29, 1.82) is 0 Å². The van der Waals surface area contributed by atoms with Crippen LogP contribution in [0.3, 0.4) is 0 Å². The molecular weight excluding hydrogens is 382 g/mol. The summed E-state index contributed by atoms with van der Waals surface area (Å²) in [6.45, 7) is 7.19. The average molecular weight is 414 g/mol. The summed E-state index contributed by atoms with van der Waals surface area (Å²) in [5, 5.41) is 0.858. The first-order valence-corrected chi connectivity index (χ1v) is 11.5. The molecule has 156 valence electrons. The van der Waals surface area contributed by atoms with Crippen molar-refractivity contribution < 1.29 is 4.79 Å². The van der Waals surface area contributed by atoms with E-state index in [1.165, 1.54) is 37.3 Å². The second kappa shape index (κ2) is 9.22. The van der Waals surface area contributed by atoms with Gasteiger partial charge in [0.25, 0.3) is 5.91 Å². The predicted molar refractivity (Wildman–Crippen MR) is 117 cm³/mol. The molecule has 0 aromatic carbocycles. The zero-order valence-corrected chi connectivity index (χ0v) is 18.3. The normalized spacial score (nSPS) is 21.3. The topological polar surface area (TPSA) is 52.6 Å². The third-order valence-corrected chi connectivity index (χ3v) is 7.21. The Labute approximate surface area is 177 Å².